The maximum absolute atomic E-state index is 5.70. The lowest BCUT2D eigenvalue weighted by molar-refractivity contribution is 0.480. The van der Waals surface area contributed by atoms with Crippen LogP contribution < -0.4 is 5.32 Å². The summed E-state index contributed by atoms with van der Waals surface area (Å²) in [6.07, 6.45) is 3.47. The first-order valence-electron chi connectivity index (χ1n) is 5.10. The molecule has 2 aromatic heterocycles. The van der Waals surface area contributed by atoms with E-state index in [1.807, 2.05) is 19.1 Å². The van der Waals surface area contributed by atoms with Crippen LogP contribution in [0, 0.1) is 6.92 Å². The van der Waals surface area contributed by atoms with Crippen molar-refractivity contribution in [2.75, 3.05) is 0 Å². The Kier molecular flexibility index (Phi) is 3.59. The molecule has 0 saturated carbocycles. The van der Waals surface area contributed by atoms with Crippen LogP contribution in [0.3, 0.4) is 0 Å². The van der Waals surface area contributed by atoms with E-state index in [0.717, 1.165) is 24.4 Å². The quantitative estimate of drug-likeness (QED) is 0.830. The van der Waals surface area contributed by atoms with Crippen molar-refractivity contribution in [3.63, 3.8) is 0 Å². The van der Waals surface area contributed by atoms with Gasteiger partial charge in [-0.1, -0.05) is 17.7 Å². The van der Waals surface area contributed by atoms with E-state index < -0.39 is 0 Å². The van der Waals surface area contributed by atoms with Crippen LogP contribution in [0.15, 0.2) is 35.1 Å². The highest BCUT2D eigenvalue weighted by molar-refractivity contribution is 6.29. The molecule has 0 amide bonds. The van der Waals surface area contributed by atoms with Crippen molar-refractivity contribution < 1.29 is 4.42 Å². The average Bonchev–Trinajstić information content (AvgIpc) is 2.68. The second-order valence-electron chi connectivity index (χ2n) is 3.62. The molecule has 0 spiro atoms. The molecule has 2 rings (SSSR count). The molecule has 2 aromatic rings. The van der Waals surface area contributed by atoms with Gasteiger partial charge in [0.15, 0.2) is 0 Å². The monoisotopic (exact) mass is 236 g/mol. The third-order valence-electron chi connectivity index (χ3n) is 2.37. The third kappa shape index (κ3) is 2.84. The van der Waals surface area contributed by atoms with Crippen molar-refractivity contribution in [2.45, 2.75) is 20.0 Å². The first-order chi connectivity index (χ1) is 7.75. The summed E-state index contributed by atoms with van der Waals surface area (Å²) in [7, 11) is 0. The lowest BCUT2D eigenvalue weighted by Crippen LogP contribution is -2.12. The fourth-order valence-electron chi connectivity index (χ4n) is 1.42. The Morgan fingerprint density at radius 2 is 2.19 bits per heavy atom. The van der Waals surface area contributed by atoms with Gasteiger partial charge in [-0.05, 0) is 30.2 Å². The standard InChI is InChI=1S/C12H13ClN2O/c1-9-4-5-16-11(9)8-14-6-10-2-3-12(13)15-7-10/h2-5,7,14H,6,8H2,1H3. The van der Waals surface area contributed by atoms with Gasteiger partial charge in [-0.15, -0.1) is 0 Å². The van der Waals surface area contributed by atoms with E-state index in [1.165, 1.54) is 5.56 Å². The van der Waals surface area contributed by atoms with Gasteiger partial charge in [0.25, 0.3) is 0 Å². The van der Waals surface area contributed by atoms with Crippen LogP contribution >= 0.6 is 11.6 Å². The molecule has 84 valence electrons. The van der Waals surface area contributed by atoms with Crippen LogP contribution in [0.4, 0.5) is 0 Å². The van der Waals surface area contributed by atoms with E-state index in [-0.39, 0.29) is 0 Å². The van der Waals surface area contributed by atoms with Crippen LogP contribution in [0.25, 0.3) is 0 Å². The minimum Gasteiger partial charge on any atom is -0.468 e. The molecular weight excluding hydrogens is 224 g/mol. The third-order valence-corrected chi connectivity index (χ3v) is 2.60. The molecule has 2 heterocycles. The molecule has 0 fully saturated rings. The van der Waals surface area contributed by atoms with Gasteiger partial charge >= 0.3 is 0 Å². The van der Waals surface area contributed by atoms with Gasteiger partial charge in [-0.2, -0.15) is 0 Å². The lowest BCUT2D eigenvalue weighted by atomic mass is 10.2. The van der Waals surface area contributed by atoms with E-state index in [4.69, 9.17) is 16.0 Å². The van der Waals surface area contributed by atoms with Crippen molar-refractivity contribution >= 4 is 11.6 Å². The van der Waals surface area contributed by atoms with Gasteiger partial charge < -0.3 is 9.73 Å². The molecule has 16 heavy (non-hydrogen) atoms. The minimum absolute atomic E-state index is 0.519. The Bertz CT molecular complexity index is 450. The summed E-state index contributed by atoms with van der Waals surface area (Å²) in [5.74, 6) is 0.974. The van der Waals surface area contributed by atoms with Gasteiger partial charge in [0.1, 0.15) is 10.9 Å². The molecule has 3 nitrogen and oxygen atoms in total. The molecule has 0 atom stereocenters. The van der Waals surface area contributed by atoms with E-state index >= 15 is 0 Å². The Morgan fingerprint density at radius 3 is 2.81 bits per heavy atom. The first kappa shape index (κ1) is 11.2. The van der Waals surface area contributed by atoms with E-state index in [2.05, 4.69) is 10.3 Å². The number of rotatable bonds is 4. The zero-order valence-electron chi connectivity index (χ0n) is 9.03. The predicted molar refractivity (Wildman–Crippen MR) is 63.2 cm³/mol. The Morgan fingerprint density at radius 1 is 1.31 bits per heavy atom. The summed E-state index contributed by atoms with van der Waals surface area (Å²) in [5.41, 5.74) is 2.27. The maximum atomic E-state index is 5.70. The molecular formula is C12H13ClN2O. The lowest BCUT2D eigenvalue weighted by Gasteiger charge is -2.03. The molecule has 4 heteroatoms. The summed E-state index contributed by atoms with van der Waals surface area (Å²) in [4.78, 5) is 4.01. The van der Waals surface area contributed by atoms with E-state index in [9.17, 15) is 0 Å². The van der Waals surface area contributed by atoms with Crippen LogP contribution in [0.2, 0.25) is 5.15 Å². The molecule has 0 saturated heterocycles. The number of aromatic nitrogens is 1. The second kappa shape index (κ2) is 5.14. The van der Waals surface area contributed by atoms with E-state index in [0.29, 0.717) is 5.15 Å². The van der Waals surface area contributed by atoms with Gasteiger partial charge in [-0.25, -0.2) is 4.98 Å². The first-order valence-corrected chi connectivity index (χ1v) is 5.47. The van der Waals surface area contributed by atoms with Gasteiger partial charge in [0, 0.05) is 12.7 Å². The fraction of sp³-hybridized carbons (Fsp3) is 0.250. The fourth-order valence-corrected chi connectivity index (χ4v) is 1.53. The summed E-state index contributed by atoms with van der Waals surface area (Å²) in [6.45, 7) is 3.51. The Hall–Kier alpha value is -1.32. The molecule has 0 radical (unpaired) electrons. The number of nitrogens with one attached hydrogen (secondary N) is 1. The van der Waals surface area contributed by atoms with Gasteiger partial charge in [0.2, 0.25) is 0 Å². The van der Waals surface area contributed by atoms with Crippen molar-refractivity contribution in [3.05, 3.63) is 52.7 Å². The Labute approximate surface area is 99.5 Å². The smallest absolute Gasteiger partial charge is 0.129 e. The number of hydrogen-bond acceptors (Lipinski definition) is 3. The SMILES string of the molecule is Cc1ccoc1CNCc1ccc(Cl)nc1. The van der Waals surface area contributed by atoms with Crippen molar-refractivity contribution in [2.24, 2.45) is 0 Å². The van der Waals surface area contributed by atoms with Crippen molar-refractivity contribution in [1.29, 1.82) is 0 Å². The normalized spacial score (nSPS) is 10.6. The Balaban J connectivity index is 1.84. The molecule has 0 aliphatic carbocycles. The van der Waals surface area contributed by atoms with Crippen molar-refractivity contribution in [3.8, 4) is 0 Å². The molecule has 0 aromatic carbocycles. The molecule has 1 N–H and O–H groups in total. The number of furan rings is 1. The molecule has 0 aliphatic rings. The zero-order valence-corrected chi connectivity index (χ0v) is 9.79. The molecule has 0 aliphatic heterocycles. The van der Waals surface area contributed by atoms with E-state index in [1.54, 1.807) is 18.5 Å². The largest absolute Gasteiger partial charge is 0.468 e. The number of pyridine rings is 1. The summed E-state index contributed by atoms with van der Waals surface area (Å²) < 4.78 is 5.32. The van der Waals surface area contributed by atoms with Crippen LogP contribution in [0.5, 0.6) is 0 Å². The van der Waals surface area contributed by atoms with Gasteiger partial charge in [-0.3, -0.25) is 0 Å². The van der Waals surface area contributed by atoms with Crippen molar-refractivity contribution in [1.82, 2.24) is 10.3 Å². The predicted octanol–water partition coefficient (Wildman–Crippen LogP) is 2.93. The summed E-state index contributed by atoms with van der Waals surface area (Å²) in [6, 6.07) is 5.70. The molecule has 0 unspecified atom stereocenters. The van der Waals surface area contributed by atoms with Crippen LogP contribution in [-0.4, -0.2) is 4.98 Å². The number of nitrogens with zero attached hydrogens (tertiary/aromatic N) is 1. The van der Waals surface area contributed by atoms with Crippen LogP contribution in [-0.2, 0) is 13.1 Å². The minimum atomic E-state index is 0.519. The molecule has 0 bridgehead atoms. The van der Waals surface area contributed by atoms with Gasteiger partial charge in [0.05, 0.1) is 12.8 Å². The second-order valence-corrected chi connectivity index (χ2v) is 4.01. The highest BCUT2D eigenvalue weighted by atomic mass is 35.5. The zero-order chi connectivity index (χ0) is 11.4. The summed E-state index contributed by atoms with van der Waals surface area (Å²) in [5, 5.41) is 3.81. The average molecular weight is 237 g/mol. The maximum Gasteiger partial charge on any atom is 0.129 e. The number of halogens is 1. The highest BCUT2D eigenvalue weighted by Crippen LogP contribution is 2.09. The topological polar surface area (TPSA) is 38.1 Å². The highest BCUT2D eigenvalue weighted by Gasteiger charge is 2.01. The van der Waals surface area contributed by atoms with Crippen LogP contribution in [0.1, 0.15) is 16.9 Å². The summed E-state index contributed by atoms with van der Waals surface area (Å²) >= 11 is 5.70. The number of aryl methyl sites for hydroxylation is 1. The number of hydrogen-bond donors (Lipinski definition) is 1.